The number of benzene rings is 1. The first kappa shape index (κ1) is 15.0. The molecule has 0 saturated carbocycles. The summed E-state index contributed by atoms with van der Waals surface area (Å²) < 4.78 is 0. The number of hydrogen-bond donors (Lipinski definition) is 0. The van der Waals surface area contributed by atoms with Gasteiger partial charge in [0, 0.05) is 18.1 Å². The van der Waals surface area contributed by atoms with Crippen LogP contribution in [0.15, 0.2) is 67.0 Å². The predicted octanol–water partition coefficient (Wildman–Crippen LogP) is 1.58. The highest BCUT2D eigenvalue weighted by atomic mass is 16.2. The van der Waals surface area contributed by atoms with Gasteiger partial charge in [-0.3, -0.25) is 19.4 Å². The van der Waals surface area contributed by atoms with E-state index >= 15 is 0 Å². The standard InChI is InChI=1S/C20H15N3O3/c24-15-7-6-14-16-17(18(15)22(14)13-8-10-21-11-9-13)20(26)23(19(16)25)12-4-2-1-3-5-12/h1-11,14,16-18H. The molecule has 2 bridgehead atoms. The molecule has 128 valence electrons. The van der Waals surface area contributed by atoms with Gasteiger partial charge in [-0.15, -0.1) is 0 Å². The second kappa shape index (κ2) is 5.36. The lowest BCUT2D eigenvalue weighted by molar-refractivity contribution is -0.125. The van der Waals surface area contributed by atoms with E-state index in [1.165, 1.54) is 11.0 Å². The summed E-state index contributed by atoms with van der Waals surface area (Å²) in [6.45, 7) is 0. The van der Waals surface area contributed by atoms with Crippen LogP contribution in [0, 0.1) is 11.8 Å². The molecule has 2 aromatic rings. The molecular weight excluding hydrogens is 330 g/mol. The number of amides is 2. The number of carbonyl (C=O) groups is 3. The van der Waals surface area contributed by atoms with Gasteiger partial charge in [0.1, 0.15) is 6.04 Å². The number of nitrogens with zero attached hydrogens (tertiary/aromatic N) is 3. The number of carbonyl (C=O) groups excluding carboxylic acids is 3. The molecule has 26 heavy (non-hydrogen) atoms. The predicted molar refractivity (Wildman–Crippen MR) is 94.4 cm³/mol. The van der Waals surface area contributed by atoms with Gasteiger partial charge in [-0.1, -0.05) is 24.3 Å². The Bertz CT molecular complexity index is 941. The van der Waals surface area contributed by atoms with E-state index in [4.69, 9.17) is 0 Å². The number of rotatable bonds is 2. The van der Waals surface area contributed by atoms with Crippen LogP contribution in [0.2, 0.25) is 0 Å². The van der Waals surface area contributed by atoms with Gasteiger partial charge in [0.2, 0.25) is 11.8 Å². The molecule has 2 amide bonds. The smallest absolute Gasteiger partial charge is 0.240 e. The molecular formula is C20H15N3O3. The zero-order valence-electron chi connectivity index (χ0n) is 13.7. The summed E-state index contributed by atoms with van der Waals surface area (Å²) in [6, 6.07) is 11.5. The van der Waals surface area contributed by atoms with Crippen molar-refractivity contribution < 1.29 is 14.4 Å². The van der Waals surface area contributed by atoms with Crippen LogP contribution in [-0.2, 0) is 14.4 Å². The third-order valence-corrected chi connectivity index (χ3v) is 5.45. The third kappa shape index (κ3) is 1.87. The van der Waals surface area contributed by atoms with Gasteiger partial charge in [-0.05, 0) is 30.3 Å². The largest absolute Gasteiger partial charge is 0.353 e. The maximum Gasteiger partial charge on any atom is 0.240 e. The summed E-state index contributed by atoms with van der Waals surface area (Å²) in [5, 5.41) is 0. The van der Waals surface area contributed by atoms with Crippen LogP contribution >= 0.6 is 0 Å². The van der Waals surface area contributed by atoms with Crippen LogP contribution in [-0.4, -0.2) is 34.7 Å². The highest BCUT2D eigenvalue weighted by Crippen LogP contribution is 2.48. The van der Waals surface area contributed by atoms with Gasteiger partial charge in [-0.25, -0.2) is 4.90 Å². The van der Waals surface area contributed by atoms with Gasteiger partial charge in [0.25, 0.3) is 0 Å². The Morgan fingerprint density at radius 3 is 2.23 bits per heavy atom. The highest BCUT2D eigenvalue weighted by Gasteiger charge is 2.64. The fourth-order valence-corrected chi connectivity index (χ4v) is 4.43. The molecule has 3 aliphatic rings. The minimum Gasteiger partial charge on any atom is -0.353 e. The summed E-state index contributed by atoms with van der Waals surface area (Å²) in [7, 11) is 0. The minimum atomic E-state index is -0.664. The monoisotopic (exact) mass is 345 g/mol. The van der Waals surface area contributed by atoms with E-state index in [-0.39, 0.29) is 23.6 Å². The van der Waals surface area contributed by atoms with Crippen molar-refractivity contribution in [2.75, 3.05) is 9.80 Å². The highest BCUT2D eigenvalue weighted by molar-refractivity contribution is 6.25. The van der Waals surface area contributed by atoms with E-state index in [1.54, 1.807) is 54.9 Å². The summed E-state index contributed by atoms with van der Waals surface area (Å²) in [4.78, 5) is 46.1. The lowest BCUT2D eigenvalue weighted by Gasteiger charge is -2.35. The Hall–Kier alpha value is -3.28. The first-order valence-electron chi connectivity index (χ1n) is 8.52. The number of aromatic nitrogens is 1. The fraction of sp³-hybridized carbons (Fsp3) is 0.200. The third-order valence-electron chi connectivity index (χ3n) is 5.45. The maximum atomic E-state index is 13.1. The Morgan fingerprint density at radius 1 is 0.808 bits per heavy atom. The topological polar surface area (TPSA) is 70.6 Å². The molecule has 1 aromatic carbocycles. The summed E-state index contributed by atoms with van der Waals surface area (Å²) in [6.07, 6.45) is 6.56. The van der Waals surface area contributed by atoms with Crippen molar-refractivity contribution in [3.8, 4) is 0 Å². The van der Waals surface area contributed by atoms with Crippen molar-refractivity contribution in [3.05, 3.63) is 67.0 Å². The van der Waals surface area contributed by atoms with E-state index in [9.17, 15) is 14.4 Å². The molecule has 6 heteroatoms. The zero-order chi connectivity index (χ0) is 17.8. The second-order valence-electron chi connectivity index (χ2n) is 6.71. The average molecular weight is 345 g/mol. The fourth-order valence-electron chi connectivity index (χ4n) is 4.43. The molecule has 4 atom stereocenters. The minimum absolute atomic E-state index is 0.137. The van der Waals surface area contributed by atoms with E-state index < -0.39 is 17.9 Å². The molecule has 5 rings (SSSR count). The Morgan fingerprint density at radius 2 is 1.50 bits per heavy atom. The molecule has 1 aromatic heterocycles. The lowest BCUT2D eigenvalue weighted by Crippen LogP contribution is -2.49. The number of hydrogen-bond acceptors (Lipinski definition) is 5. The maximum absolute atomic E-state index is 13.1. The zero-order valence-corrected chi connectivity index (χ0v) is 13.7. The van der Waals surface area contributed by atoms with Crippen LogP contribution in [0.1, 0.15) is 0 Å². The first-order chi connectivity index (χ1) is 12.7. The van der Waals surface area contributed by atoms with E-state index in [2.05, 4.69) is 4.98 Å². The van der Waals surface area contributed by atoms with E-state index in [0.29, 0.717) is 5.69 Å². The number of fused-ring (bicyclic) bond motifs is 5. The summed E-state index contributed by atoms with van der Waals surface area (Å²) >= 11 is 0. The second-order valence-corrected chi connectivity index (χ2v) is 6.71. The molecule has 0 radical (unpaired) electrons. The molecule has 4 unspecified atom stereocenters. The van der Waals surface area contributed by atoms with Crippen molar-refractivity contribution in [2.45, 2.75) is 12.1 Å². The van der Waals surface area contributed by atoms with Crippen molar-refractivity contribution >= 4 is 29.0 Å². The van der Waals surface area contributed by atoms with Crippen molar-refractivity contribution in [1.82, 2.24) is 4.98 Å². The lowest BCUT2D eigenvalue weighted by atomic mass is 9.90. The van der Waals surface area contributed by atoms with Gasteiger partial charge < -0.3 is 4.90 Å². The number of anilines is 2. The Balaban J connectivity index is 1.61. The number of imide groups is 1. The average Bonchev–Trinajstić information content (AvgIpc) is 3.09. The van der Waals surface area contributed by atoms with Crippen LogP contribution in [0.5, 0.6) is 0 Å². The van der Waals surface area contributed by atoms with Crippen LogP contribution in [0.4, 0.5) is 11.4 Å². The molecule has 0 spiro atoms. The number of pyridine rings is 1. The van der Waals surface area contributed by atoms with Crippen LogP contribution in [0.25, 0.3) is 0 Å². The van der Waals surface area contributed by atoms with E-state index in [1.807, 2.05) is 11.0 Å². The first-order valence-corrected chi connectivity index (χ1v) is 8.52. The molecule has 4 heterocycles. The molecule has 6 nitrogen and oxygen atoms in total. The Labute approximate surface area is 149 Å². The van der Waals surface area contributed by atoms with Gasteiger partial charge in [0.05, 0.1) is 23.6 Å². The molecule has 0 N–H and O–H groups in total. The van der Waals surface area contributed by atoms with E-state index in [0.717, 1.165) is 5.69 Å². The number of para-hydroxylation sites is 1. The summed E-state index contributed by atoms with van der Waals surface area (Å²) in [5.74, 6) is -1.89. The molecule has 2 fully saturated rings. The molecule has 3 aliphatic heterocycles. The van der Waals surface area contributed by atoms with Crippen molar-refractivity contribution in [1.29, 1.82) is 0 Å². The van der Waals surface area contributed by atoms with Crippen LogP contribution in [0.3, 0.4) is 0 Å². The van der Waals surface area contributed by atoms with Crippen molar-refractivity contribution in [3.63, 3.8) is 0 Å². The van der Waals surface area contributed by atoms with Crippen LogP contribution < -0.4 is 9.80 Å². The summed E-state index contributed by atoms with van der Waals surface area (Å²) in [5.41, 5.74) is 1.36. The van der Waals surface area contributed by atoms with Gasteiger partial charge in [-0.2, -0.15) is 0 Å². The number of ketones is 1. The normalized spacial score (nSPS) is 29.5. The molecule has 0 aliphatic carbocycles. The molecule has 2 saturated heterocycles. The van der Waals surface area contributed by atoms with Gasteiger partial charge in [0.15, 0.2) is 5.78 Å². The SMILES string of the molecule is O=C1C=CC2C3C(=O)N(c4ccccc4)C(=O)C3C1N2c1ccncc1. The van der Waals surface area contributed by atoms with Gasteiger partial charge >= 0.3 is 0 Å². The quantitative estimate of drug-likeness (QED) is 0.773. The van der Waals surface area contributed by atoms with Crippen molar-refractivity contribution in [2.24, 2.45) is 11.8 Å². The Kier molecular flexibility index (Phi) is 3.09.